The van der Waals surface area contributed by atoms with Crippen LogP contribution >= 0.6 is 24.0 Å². The van der Waals surface area contributed by atoms with Gasteiger partial charge in [0.25, 0.3) is 0 Å². The van der Waals surface area contributed by atoms with Crippen LogP contribution in [-0.2, 0) is 0 Å². The summed E-state index contributed by atoms with van der Waals surface area (Å²) in [6, 6.07) is 17.7. The van der Waals surface area contributed by atoms with Crippen molar-refractivity contribution in [1.29, 1.82) is 0 Å². The summed E-state index contributed by atoms with van der Waals surface area (Å²) in [5.41, 5.74) is 8.95. The zero-order chi connectivity index (χ0) is 17.6. The fourth-order valence-electron chi connectivity index (χ4n) is 2.36. The molecule has 0 aliphatic carbocycles. The topological polar surface area (TPSA) is 89.3 Å². The van der Waals surface area contributed by atoms with E-state index in [1.807, 2.05) is 68.4 Å². The summed E-state index contributed by atoms with van der Waals surface area (Å²) in [6.45, 7) is 4.47. The molecule has 3 rings (SSSR count). The second-order valence-corrected chi connectivity index (χ2v) is 5.94. The Morgan fingerprint density at radius 1 is 1.19 bits per heavy atom. The lowest BCUT2D eigenvalue weighted by molar-refractivity contribution is 0.361. The third kappa shape index (κ3) is 5.29. The van der Waals surface area contributed by atoms with Crippen molar-refractivity contribution in [3.8, 4) is 11.4 Å². The van der Waals surface area contributed by atoms with Crippen LogP contribution in [0.3, 0.4) is 0 Å². The van der Waals surface area contributed by atoms with E-state index in [9.17, 15) is 0 Å². The fourth-order valence-corrected chi connectivity index (χ4v) is 2.36. The molecule has 0 saturated carbocycles. The van der Waals surface area contributed by atoms with Crippen molar-refractivity contribution in [1.82, 2.24) is 10.1 Å². The van der Waals surface area contributed by atoms with E-state index in [4.69, 9.17) is 10.3 Å². The summed E-state index contributed by atoms with van der Waals surface area (Å²) in [5.74, 6) is 1.46. The van der Waals surface area contributed by atoms with Gasteiger partial charge >= 0.3 is 0 Å². The van der Waals surface area contributed by atoms with E-state index in [1.54, 1.807) is 0 Å². The summed E-state index contributed by atoms with van der Waals surface area (Å²) < 4.78 is 5.36. The van der Waals surface area contributed by atoms with Crippen molar-refractivity contribution in [2.24, 2.45) is 10.7 Å². The molecule has 0 aliphatic heterocycles. The highest BCUT2D eigenvalue weighted by atomic mass is 127. The molecule has 3 N–H and O–H groups in total. The third-order valence-corrected chi connectivity index (χ3v) is 3.72. The lowest BCUT2D eigenvalue weighted by Crippen LogP contribution is -2.23. The van der Waals surface area contributed by atoms with Crippen LogP contribution in [0.2, 0.25) is 0 Å². The molecule has 0 radical (unpaired) electrons. The summed E-state index contributed by atoms with van der Waals surface area (Å²) in [4.78, 5) is 8.81. The number of benzene rings is 2. The molecular weight excluding hydrogens is 441 g/mol. The van der Waals surface area contributed by atoms with E-state index >= 15 is 0 Å². The highest BCUT2D eigenvalue weighted by Crippen LogP contribution is 2.19. The summed E-state index contributed by atoms with van der Waals surface area (Å²) in [7, 11) is 0. The lowest BCUT2D eigenvalue weighted by atomic mass is 10.2. The van der Waals surface area contributed by atoms with Crippen LogP contribution in [0.15, 0.2) is 64.1 Å². The zero-order valence-corrected chi connectivity index (χ0v) is 17.0. The van der Waals surface area contributed by atoms with E-state index in [1.165, 1.54) is 0 Å². The number of guanidine groups is 1. The van der Waals surface area contributed by atoms with Gasteiger partial charge in [-0.05, 0) is 24.6 Å². The first-order valence-electron chi connectivity index (χ1n) is 8.14. The predicted octanol–water partition coefficient (Wildman–Crippen LogP) is 4.19. The van der Waals surface area contributed by atoms with Crippen LogP contribution in [0.25, 0.3) is 11.4 Å². The Morgan fingerprint density at radius 3 is 2.69 bits per heavy atom. The third-order valence-electron chi connectivity index (χ3n) is 3.72. The van der Waals surface area contributed by atoms with Gasteiger partial charge in [-0.15, -0.1) is 24.0 Å². The van der Waals surface area contributed by atoms with Crippen LogP contribution in [0.5, 0.6) is 0 Å². The molecule has 1 unspecified atom stereocenters. The van der Waals surface area contributed by atoms with Gasteiger partial charge in [0.05, 0.1) is 12.5 Å². The van der Waals surface area contributed by atoms with Gasteiger partial charge in [0, 0.05) is 11.3 Å². The molecular formula is C19H22IN5O. The van der Waals surface area contributed by atoms with Crippen molar-refractivity contribution in [3.05, 3.63) is 66.1 Å². The Hall–Kier alpha value is -2.42. The molecule has 136 valence electrons. The van der Waals surface area contributed by atoms with Gasteiger partial charge in [-0.3, -0.25) is 4.99 Å². The molecule has 0 saturated heterocycles. The number of aromatic nitrogens is 2. The molecule has 1 atom stereocenters. The van der Waals surface area contributed by atoms with Crippen molar-refractivity contribution in [2.75, 3.05) is 11.9 Å². The molecule has 2 aromatic carbocycles. The maximum Gasteiger partial charge on any atom is 0.231 e. The number of rotatable bonds is 5. The molecule has 26 heavy (non-hydrogen) atoms. The minimum atomic E-state index is -0.0252. The molecule has 6 nitrogen and oxygen atoms in total. The summed E-state index contributed by atoms with van der Waals surface area (Å²) in [6.07, 6.45) is 0. The first kappa shape index (κ1) is 19.9. The van der Waals surface area contributed by atoms with Gasteiger partial charge < -0.3 is 15.6 Å². The minimum Gasteiger partial charge on any atom is -0.370 e. The standard InChI is InChI=1S/C19H21N5O.HI/c1-13-7-6-10-16(11-13)22-19(20)21-12-14(2)18-23-17(24-25-18)15-8-4-3-5-9-15;/h3-11,14H,12H2,1-2H3,(H3,20,21,22);1H. The maximum atomic E-state index is 5.95. The van der Waals surface area contributed by atoms with Gasteiger partial charge in [0.15, 0.2) is 5.96 Å². The van der Waals surface area contributed by atoms with Crippen molar-refractivity contribution < 1.29 is 4.52 Å². The molecule has 3 aromatic rings. The van der Waals surface area contributed by atoms with E-state index in [-0.39, 0.29) is 29.9 Å². The van der Waals surface area contributed by atoms with Crippen LogP contribution in [-0.4, -0.2) is 22.6 Å². The fraction of sp³-hybridized carbons (Fsp3) is 0.211. The Bertz CT molecular complexity index is 863. The number of hydrogen-bond acceptors (Lipinski definition) is 4. The van der Waals surface area contributed by atoms with Gasteiger partial charge in [-0.1, -0.05) is 54.5 Å². The number of hydrogen-bond donors (Lipinski definition) is 2. The van der Waals surface area contributed by atoms with Crippen molar-refractivity contribution in [3.63, 3.8) is 0 Å². The number of anilines is 1. The molecule has 0 spiro atoms. The second kappa shape index (κ2) is 9.33. The summed E-state index contributed by atoms with van der Waals surface area (Å²) >= 11 is 0. The normalized spacial score (nSPS) is 12.3. The quantitative estimate of drug-likeness (QED) is 0.337. The molecule has 0 aliphatic rings. The predicted molar refractivity (Wildman–Crippen MR) is 115 cm³/mol. The van der Waals surface area contributed by atoms with E-state index < -0.39 is 0 Å². The number of nitrogens with one attached hydrogen (secondary N) is 1. The van der Waals surface area contributed by atoms with Gasteiger partial charge in [0.1, 0.15) is 0 Å². The smallest absolute Gasteiger partial charge is 0.231 e. The first-order chi connectivity index (χ1) is 12.1. The SMILES string of the molecule is Cc1cccc(NC(N)=NCC(C)c2nc(-c3ccccc3)no2)c1.I. The van der Waals surface area contributed by atoms with Crippen LogP contribution < -0.4 is 11.1 Å². The molecule has 1 heterocycles. The Kier molecular flexibility index (Phi) is 7.14. The molecule has 7 heteroatoms. The Balaban J connectivity index is 0.00000243. The van der Waals surface area contributed by atoms with Crippen LogP contribution in [0, 0.1) is 6.92 Å². The Labute approximate surface area is 169 Å². The van der Waals surface area contributed by atoms with Gasteiger partial charge in [-0.2, -0.15) is 4.98 Å². The van der Waals surface area contributed by atoms with Crippen molar-refractivity contribution in [2.45, 2.75) is 19.8 Å². The number of halogens is 1. The minimum absolute atomic E-state index is 0. The lowest BCUT2D eigenvalue weighted by Gasteiger charge is -2.07. The molecule has 0 amide bonds. The van der Waals surface area contributed by atoms with Gasteiger partial charge in [-0.25, -0.2) is 0 Å². The highest BCUT2D eigenvalue weighted by molar-refractivity contribution is 14.0. The first-order valence-corrected chi connectivity index (χ1v) is 8.14. The molecule has 0 bridgehead atoms. The van der Waals surface area contributed by atoms with Crippen LogP contribution in [0.4, 0.5) is 5.69 Å². The van der Waals surface area contributed by atoms with E-state index in [0.717, 1.165) is 16.8 Å². The highest BCUT2D eigenvalue weighted by Gasteiger charge is 2.15. The number of nitrogens with zero attached hydrogens (tertiary/aromatic N) is 3. The van der Waals surface area contributed by atoms with Gasteiger partial charge in [0.2, 0.25) is 11.7 Å². The van der Waals surface area contributed by atoms with Crippen LogP contribution in [0.1, 0.15) is 24.3 Å². The second-order valence-electron chi connectivity index (χ2n) is 5.94. The number of aliphatic imine (C=N–C) groups is 1. The van der Waals surface area contributed by atoms with E-state index in [0.29, 0.717) is 24.2 Å². The largest absolute Gasteiger partial charge is 0.370 e. The number of aryl methyl sites for hydroxylation is 1. The van der Waals surface area contributed by atoms with E-state index in [2.05, 4.69) is 20.4 Å². The Morgan fingerprint density at radius 2 is 1.96 bits per heavy atom. The zero-order valence-electron chi connectivity index (χ0n) is 14.7. The monoisotopic (exact) mass is 463 g/mol. The average Bonchev–Trinajstić information content (AvgIpc) is 3.11. The molecule has 0 fully saturated rings. The van der Waals surface area contributed by atoms with Crippen molar-refractivity contribution >= 4 is 35.6 Å². The summed E-state index contributed by atoms with van der Waals surface area (Å²) in [5, 5.41) is 7.11. The molecule has 1 aromatic heterocycles. The average molecular weight is 463 g/mol. The number of nitrogens with two attached hydrogens (primary N) is 1. The maximum absolute atomic E-state index is 5.95.